The third-order valence-electron chi connectivity index (χ3n) is 4.41. The third-order valence-corrected chi connectivity index (χ3v) is 4.41. The number of nitrogens with one attached hydrogen (secondary N) is 1. The predicted molar refractivity (Wildman–Crippen MR) is 104 cm³/mol. The molecule has 152 valence electrons. The number of halogens is 3. The van der Waals surface area contributed by atoms with Crippen LogP contribution in [-0.4, -0.2) is 17.9 Å². The first kappa shape index (κ1) is 22.2. The summed E-state index contributed by atoms with van der Waals surface area (Å²) in [5.41, 5.74) is 2.39. The number of unbranched alkanes of at least 4 members (excludes halogenated alkanes) is 3. The number of nitriles is 1. The average molecular weight is 402 g/mol. The summed E-state index contributed by atoms with van der Waals surface area (Å²) in [6.07, 6.45) is -3.46. The van der Waals surface area contributed by atoms with Gasteiger partial charge in [0.1, 0.15) is 6.07 Å². The van der Waals surface area contributed by atoms with Crippen LogP contribution in [0.15, 0.2) is 48.5 Å². The van der Waals surface area contributed by atoms with Gasteiger partial charge in [-0.15, -0.1) is 0 Å². The lowest BCUT2D eigenvalue weighted by Crippen LogP contribution is -2.22. The monoisotopic (exact) mass is 402 g/mol. The van der Waals surface area contributed by atoms with Gasteiger partial charge >= 0.3 is 6.18 Å². The van der Waals surface area contributed by atoms with E-state index < -0.39 is 18.4 Å². The minimum atomic E-state index is -4.77. The molecule has 29 heavy (non-hydrogen) atoms. The Morgan fingerprint density at radius 2 is 1.55 bits per heavy atom. The summed E-state index contributed by atoms with van der Waals surface area (Å²) >= 11 is 0. The Hall–Kier alpha value is -3.14. The van der Waals surface area contributed by atoms with Crippen LogP contribution < -0.4 is 5.32 Å². The average Bonchev–Trinajstić information content (AvgIpc) is 2.70. The Bertz CT molecular complexity index is 887. The summed E-state index contributed by atoms with van der Waals surface area (Å²) in [4.78, 5) is 23.0. The highest BCUT2D eigenvalue weighted by Gasteiger charge is 2.36. The van der Waals surface area contributed by atoms with Gasteiger partial charge in [0, 0.05) is 18.4 Å². The Kier molecular flexibility index (Phi) is 7.96. The van der Waals surface area contributed by atoms with E-state index in [-0.39, 0.29) is 18.7 Å². The first-order valence-electron chi connectivity index (χ1n) is 9.31. The SMILES string of the molecule is N#Cc1c(NC(=O)CCCCCCC(=O)C(F)(F)F)cccc1-c1ccccc1. The molecule has 0 fully saturated rings. The van der Waals surface area contributed by atoms with Gasteiger partial charge in [0.15, 0.2) is 0 Å². The van der Waals surface area contributed by atoms with E-state index in [1.54, 1.807) is 12.1 Å². The van der Waals surface area contributed by atoms with Crippen molar-refractivity contribution < 1.29 is 22.8 Å². The molecule has 0 aliphatic rings. The molecule has 0 aliphatic heterocycles. The van der Waals surface area contributed by atoms with Crippen LogP contribution in [0, 0.1) is 11.3 Å². The lowest BCUT2D eigenvalue weighted by Gasteiger charge is -2.11. The molecule has 0 saturated carbocycles. The van der Waals surface area contributed by atoms with Gasteiger partial charge in [-0.05, 0) is 24.5 Å². The molecule has 0 spiro atoms. The number of carbonyl (C=O) groups is 2. The van der Waals surface area contributed by atoms with Gasteiger partial charge in [-0.25, -0.2) is 0 Å². The number of hydrogen-bond donors (Lipinski definition) is 1. The molecule has 2 rings (SSSR count). The molecule has 0 bridgehead atoms. The molecular formula is C22H21F3N2O2. The molecule has 0 atom stereocenters. The van der Waals surface area contributed by atoms with Crippen LogP contribution in [0.5, 0.6) is 0 Å². The van der Waals surface area contributed by atoms with E-state index in [4.69, 9.17) is 0 Å². The Morgan fingerprint density at radius 3 is 2.17 bits per heavy atom. The molecule has 4 nitrogen and oxygen atoms in total. The first-order valence-corrected chi connectivity index (χ1v) is 9.31. The number of alkyl halides is 3. The molecular weight excluding hydrogens is 381 g/mol. The van der Waals surface area contributed by atoms with E-state index in [0.29, 0.717) is 30.5 Å². The fourth-order valence-electron chi connectivity index (χ4n) is 2.91. The molecule has 1 amide bonds. The maximum Gasteiger partial charge on any atom is 0.449 e. The highest BCUT2D eigenvalue weighted by molar-refractivity contribution is 5.94. The van der Waals surface area contributed by atoms with Crippen LogP contribution in [0.3, 0.4) is 0 Å². The maximum atomic E-state index is 12.2. The van der Waals surface area contributed by atoms with Crippen LogP contribution in [0.1, 0.15) is 44.1 Å². The molecule has 2 aromatic carbocycles. The van der Waals surface area contributed by atoms with Crippen molar-refractivity contribution >= 4 is 17.4 Å². The van der Waals surface area contributed by atoms with Gasteiger partial charge in [-0.3, -0.25) is 9.59 Å². The summed E-state index contributed by atoms with van der Waals surface area (Å²) in [5.74, 6) is -1.98. The quantitative estimate of drug-likeness (QED) is 0.552. The molecule has 7 heteroatoms. The number of nitrogens with zero attached hydrogens (tertiary/aromatic N) is 1. The van der Waals surface area contributed by atoms with Gasteiger partial charge in [0.25, 0.3) is 0 Å². The number of hydrogen-bond acceptors (Lipinski definition) is 3. The van der Waals surface area contributed by atoms with E-state index in [0.717, 1.165) is 11.1 Å². The van der Waals surface area contributed by atoms with Crippen molar-refractivity contribution in [3.05, 3.63) is 54.1 Å². The van der Waals surface area contributed by atoms with Crippen LogP contribution in [0.2, 0.25) is 0 Å². The maximum absolute atomic E-state index is 12.2. The number of rotatable bonds is 9. The van der Waals surface area contributed by atoms with Crippen LogP contribution in [0.25, 0.3) is 11.1 Å². The second-order valence-electron chi connectivity index (χ2n) is 6.59. The lowest BCUT2D eigenvalue weighted by atomic mass is 9.99. The largest absolute Gasteiger partial charge is 0.449 e. The normalized spacial score (nSPS) is 11.0. The minimum Gasteiger partial charge on any atom is -0.325 e. The number of Topliss-reactive ketones (excluding diaryl/α,β-unsaturated/α-hetero) is 1. The van der Waals surface area contributed by atoms with Crippen LogP contribution in [0.4, 0.5) is 18.9 Å². The number of carbonyl (C=O) groups excluding carboxylic acids is 2. The van der Waals surface area contributed by atoms with Gasteiger partial charge < -0.3 is 5.32 Å². The van der Waals surface area contributed by atoms with Crippen molar-refractivity contribution in [3.8, 4) is 17.2 Å². The number of benzene rings is 2. The fraction of sp³-hybridized carbons (Fsp3) is 0.318. The molecule has 0 radical (unpaired) electrons. The Labute approximate surface area is 167 Å². The molecule has 2 aromatic rings. The standard InChI is InChI=1S/C22H21F3N2O2/c23-22(24,25)20(28)13-6-1-2-7-14-21(29)27-19-12-8-11-17(18(19)15-26)16-9-4-3-5-10-16/h3-5,8-12H,1-2,6-7,13-14H2,(H,27,29). The Balaban J connectivity index is 1.84. The zero-order chi connectivity index (χ0) is 21.3. The number of anilines is 1. The van der Waals surface area contributed by atoms with Crippen molar-refractivity contribution in [1.29, 1.82) is 5.26 Å². The second-order valence-corrected chi connectivity index (χ2v) is 6.59. The van der Waals surface area contributed by atoms with E-state index in [1.807, 2.05) is 36.4 Å². The van der Waals surface area contributed by atoms with E-state index in [2.05, 4.69) is 11.4 Å². The number of ketones is 1. The summed E-state index contributed by atoms with van der Waals surface area (Å²) in [5, 5.41) is 12.3. The first-order chi connectivity index (χ1) is 13.8. The van der Waals surface area contributed by atoms with Crippen molar-refractivity contribution in [1.82, 2.24) is 0 Å². The highest BCUT2D eigenvalue weighted by atomic mass is 19.4. The van der Waals surface area contributed by atoms with E-state index in [9.17, 15) is 28.0 Å². The Morgan fingerprint density at radius 1 is 0.897 bits per heavy atom. The van der Waals surface area contributed by atoms with Gasteiger partial charge in [0.2, 0.25) is 11.7 Å². The van der Waals surface area contributed by atoms with Gasteiger partial charge in [0.05, 0.1) is 11.3 Å². The van der Waals surface area contributed by atoms with Crippen molar-refractivity contribution in [2.75, 3.05) is 5.32 Å². The molecule has 0 heterocycles. The van der Waals surface area contributed by atoms with Crippen molar-refractivity contribution in [2.24, 2.45) is 0 Å². The van der Waals surface area contributed by atoms with E-state index in [1.165, 1.54) is 0 Å². The number of amides is 1. The zero-order valence-electron chi connectivity index (χ0n) is 15.8. The van der Waals surface area contributed by atoms with Crippen molar-refractivity contribution in [2.45, 2.75) is 44.7 Å². The highest BCUT2D eigenvalue weighted by Crippen LogP contribution is 2.28. The topological polar surface area (TPSA) is 70.0 Å². The summed E-state index contributed by atoms with van der Waals surface area (Å²) < 4.78 is 36.3. The summed E-state index contributed by atoms with van der Waals surface area (Å²) in [6.45, 7) is 0. The van der Waals surface area contributed by atoms with Gasteiger partial charge in [-0.2, -0.15) is 18.4 Å². The second kappa shape index (κ2) is 10.4. The molecule has 0 aliphatic carbocycles. The molecule has 0 saturated heterocycles. The van der Waals surface area contributed by atoms with Crippen LogP contribution in [-0.2, 0) is 9.59 Å². The van der Waals surface area contributed by atoms with Crippen LogP contribution >= 0.6 is 0 Å². The lowest BCUT2D eigenvalue weighted by molar-refractivity contribution is -0.171. The smallest absolute Gasteiger partial charge is 0.325 e. The van der Waals surface area contributed by atoms with Gasteiger partial charge in [-0.1, -0.05) is 55.3 Å². The molecule has 1 N–H and O–H groups in total. The zero-order valence-corrected chi connectivity index (χ0v) is 15.8. The molecule has 0 aromatic heterocycles. The summed E-state index contributed by atoms with van der Waals surface area (Å²) in [7, 11) is 0. The fourth-order valence-corrected chi connectivity index (χ4v) is 2.91. The minimum absolute atomic E-state index is 0.150. The molecule has 0 unspecified atom stereocenters. The summed E-state index contributed by atoms with van der Waals surface area (Å²) in [6, 6.07) is 16.7. The van der Waals surface area contributed by atoms with E-state index >= 15 is 0 Å². The third kappa shape index (κ3) is 6.75. The predicted octanol–water partition coefficient (Wildman–Crippen LogP) is 5.64. The van der Waals surface area contributed by atoms with Crippen molar-refractivity contribution in [3.63, 3.8) is 0 Å².